The van der Waals surface area contributed by atoms with Crippen molar-refractivity contribution in [2.24, 2.45) is 0 Å². The maximum Gasteiger partial charge on any atom is 0.244 e. The van der Waals surface area contributed by atoms with E-state index in [-0.39, 0.29) is 24.6 Å². The number of carbonyl (C=O) groups excluding carboxylic acids is 1. The van der Waals surface area contributed by atoms with Crippen LogP contribution in [-0.4, -0.2) is 44.7 Å². The number of aliphatic hydroxyl groups excluding tert-OH is 1. The first-order chi connectivity index (χ1) is 13.3. The maximum atomic E-state index is 11.8. The normalized spacial score (nSPS) is 25.4. The zero-order valence-electron chi connectivity index (χ0n) is 16.2. The van der Waals surface area contributed by atoms with E-state index >= 15 is 0 Å². The molecule has 150 valence electrons. The quantitative estimate of drug-likeness (QED) is 0.520. The van der Waals surface area contributed by atoms with E-state index in [1.165, 1.54) is 0 Å². The number of hydrogen-bond donors (Lipinski definition) is 5. The molecule has 5 N–H and O–H groups in total. The molecule has 0 spiro atoms. The third-order valence-corrected chi connectivity index (χ3v) is 5.49. The van der Waals surface area contributed by atoms with Crippen LogP contribution in [0, 0.1) is 0 Å². The molecule has 3 heterocycles. The van der Waals surface area contributed by atoms with E-state index in [1.54, 1.807) is 20.0 Å². The van der Waals surface area contributed by atoms with Crippen LogP contribution >= 0.6 is 0 Å². The standard InChI is InChI=1S/C20H27N5O3/c1-20(2,28)16-8-3-12(9-21-16)15-10-22-18-19(23-11-17(27)24-18)25(15)13-4-6-14(26)7-5-13/h3,8-10,13-14,22-23,26,28H,4-7,11H2,1-2H3,(H,24,27). The monoisotopic (exact) mass is 385 g/mol. The molecule has 1 amide bonds. The summed E-state index contributed by atoms with van der Waals surface area (Å²) >= 11 is 0. The molecule has 1 saturated carbocycles. The van der Waals surface area contributed by atoms with Gasteiger partial charge in [0.25, 0.3) is 0 Å². The molecule has 1 aromatic heterocycles. The minimum absolute atomic E-state index is 0.0849. The number of hydrogen-bond acceptors (Lipinski definition) is 7. The Hall–Kier alpha value is -2.58. The topological polar surface area (TPSA) is 110 Å². The predicted molar refractivity (Wildman–Crippen MR) is 104 cm³/mol. The van der Waals surface area contributed by atoms with Gasteiger partial charge in [0.1, 0.15) is 11.4 Å². The highest BCUT2D eigenvalue weighted by Gasteiger charge is 2.35. The smallest absolute Gasteiger partial charge is 0.244 e. The third-order valence-electron chi connectivity index (χ3n) is 5.49. The van der Waals surface area contributed by atoms with E-state index < -0.39 is 5.60 Å². The predicted octanol–water partition coefficient (Wildman–Crippen LogP) is 0.662. The summed E-state index contributed by atoms with van der Waals surface area (Å²) in [7, 11) is 0. The van der Waals surface area contributed by atoms with Crippen molar-refractivity contribution in [3.8, 4) is 0 Å². The highest BCUT2D eigenvalue weighted by atomic mass is 16.3. The lowest BCUT2D eigenvalue weighted by atomic mass is 9.91. The molecule has 0 atom stereocenters. The highest BCUT2D eigenvalue weighted by molar-refractivity contribution is 5.82. The second-order valence-electron chi connectivity index (χ2n) is 8.12. The van der Waals surface area contributed by atoms with Crippen LogP contribution in [0.3, 0.4) is 0 Å². The molecule has 0 radical (unpaired) electrons. The van der Waals surface area contributed by atoms with Gasteiger partial charge in [-0.3, -0.25) is 9.78 Å². The minimum atomic E-state index is -0.998. The summed E-state index contributed by atoms with van der Waals surface area (Å²) in [4.78, 5) is 18.4. The Morgan fingerprint density at radius 3 is 2.61 bits per heavy atom. The second-order valence-corrected chi connectivity index (χ2v) is 8.12. The molecular formula is C20H27N5O3. The van der Waals surface area contributed by atoms with Gasteiger partial charge in [0, 0.05) is 24.0 Å². The van der Waals surface area contributed by atoms with Crippen LogP contribution in [0.15, 0.2) is 36.2 Å². The van der Waals surface area contributed by atoms with Gasteiger partial charge in [0.15, 0.2) is 5.82 Å². The van der Waals surface area contributed by atoms with Crippen molar-refractivity contribution in [2.45, 2.75) is 57.3 Å². The lowest BCUT2D eigenvalue weighted by molar-refractivity contribution is -0.120. The van der Waals surface area contributed by atoms with Gasteiger partial charge in [0.05, 0.1) is 24.0 Å². The Morgan fingerprint density at radius 1 is 1.21 bits per heavy atom. The lowest BCUT2D eigenvalue weighted by Crippen LogP contribution is -2.53. The molecule has 0 bridgehead atoms. The summed E-state index contributed by atoms with van der Waals surface area (Å²) < 4.78 is 0. The van der Waals surface area contributed by atoms with E-state index in [2.05, 4.69) is 25.8 Å². The molecule has 28 heavy (non-hydrogen) atoms. The van der Waals surface area contributed by atoms with Crippen LogP contribution in [0.5, 0.6) is 0 Å². The van der Waals surface area contributed by atoms with Gasteiger partial charge in [-0.15, -0.1) is 0 Å². The average molecular weight is 385 g/mol. The number of nitrogens with zero attached hydrogens (tertiary/aromatic N) is 2. The van der Waals surface area contributed by atoms with E-state index in [4.69, 9.17) is 0 Å². The first-order valence-corrected chi connectivity index (χ1v) is 9.74. The number of aromatic nitrogens is 1. The van der Waals surface area contributed by atoms with E-state index in [0.717, 1.165) is 42.8 Å². The molecule has 4 rings (SSSR count). The lowest BCUT2D eigenvalue weighted by Gasteiger charge is -2.43. The molecular weight excluding hydrogens is 358 g/mol. The van der Waals surface area contributed by atoms with Gasteiger partial charge in [-0.2, -0.15) is 0 Å². The Labute approximate surface area is 164 Å². The van der Waals surface area contributed by atoms with Crippen molar-refractivity contribution in [3.05, 3.63) is 47.4 Å². The van der Waals surface area contributed by atoms with E-state index in [0.29, 0.717) is 11.5 Å². The van der Waals surface area contributed by atoms with Crippen molar-refractivity contribution in [1.82, 2.24) is 25.8 Å². The van der Waals surface area contributed by atoms with Crippen LogP contribution in [0.2, 0.25) is 0 Å². The van der Waals surface area contributed by atoms with Gasteiger partial charge >= 0.3 is 0 Å². The van der Waals surface area contributed by atoms with Crippen molar-refractivity contribution in [2.75, 3.05) is 6.54 Å². The van der Waals surface area contributed by atoms with Crippen molar-refractivity contribution >= 4 is 11.6 Å². The fraction of sp³-hybridized carbons (Fsp3) is 0.500. The van der Waals surface area contributed by atoms with Gasteiger partial charge < -0.3 is 31.1 Å². The zero-order valence-corrected chi connectivity index (χ0v) is 16.2. The largest absolute Gasteiger partial charge is 0.393 e. The number of aliphatic hydroxyl groups is 2. The number of amides is 1. The molecule has 3 aliphatic rings. The summed E-state index contributed by atoms with van der Waals surface area (Å²) in [6, 6.07) is 3.99. The van der Waals surface area contributed by atoms with Crippen molar-refractivity contribution < 1.29 is 15.0 Å². The third kappa shape index (κ3) is 3.57. The summed E-state index contributed by atoms with van der Waals surface area (Å²) in [6.07, 6.45) is 6.63. The maximum absolute atomic E-state index is 11.8. The number of rotatable bonds is 3. The Kier molecular flexibility index (Phi) is 4.76. The molecule has 0 unspecified atom stereocenters. The Morgan fingerprint density at radius 2 is 1.96 bits per heavy atom. The van der Waals surface area contributed by atoms with Crippen LogP contribution in [0.25, 0.3) is 5.70 Å². The van der Waals surface area contributed by atoms with Crippen molar-refractivity contribution in [1.29, 1.82) is 0 Å². The number of pyridine rings is 1. The second kappa shape index (κ2) is 7.10. The van der Waals surface area contributed by atoms with Crippen LogP contribution < -0.4 is 16.0 Å². The first-order valence-electron chi connectivity index (χ1n) is 9.74. The van der Waals surface area contributed by atoms with Gasteiger partial charge in [-0.1, -0.05) is 0 Å². The minimum Gasteiger partial charge on any atom is -0.393 e. The molecule has 1 fully saturated rings. The summed E-state index contributed by atoms with van der Waals surface area (Å²) in [5.74, 6) is 1.40. The molecule has 0 aromatic carbocycles. The van der Waals surface area contributed by atoms with Gasteiger partial charge in [-0.25, -0.2) is 0 Å². The molecule has 2 aliphatic heterocycles. The average Bonchev–Trinajstić information content (AvgIpc) is 2.67. The zero-order chi connectivity index (χ0) is 19.9. The van der Waals surface area contributed by atoms with Gasteiger partial charge in [-0.05, 0) is 51.7 Å². The van der Waals surface area contributed by atoms with Crippen LogP contribution in [0.4, 0.5) is 0 Å². The highest BCUT2D eigenvalue weighted by Crippen LogP contribution is 2.35. The van der Waals surface area contributed by atoms with E-state index in [1.807, 2.05) is 18.3 Å². The summed E-state index contributed by atoms with van der Waals surface area (Å²) in [5.41, 5.74) is 1.47. The van der Waals surface area contributed by atoms with Crippen molar-refractivity contribution in [3.63, 3.8) is 0 Å². The fourth-order valence-corrected chi connectivity index (χ4v) is 3.96. The van der Waals surface area contributed by atoms with Crippen LogP contribution in [-0.2, 0) is 10.4 Å². The Bertz CT molecular complexity index is 817. The van der Waals surface area contributed by atoms with Gasteiger partial charge in [0.2, 0.25) is 5.91 Å². The number of nitrogens with one attached hydrogen (secondary N) is 3. The molecule has 8 nitrogen and oxygen atoms in total. The molecule has 1 aromatic rings. The first kappa shape index (κ1) is 18.8. The molecule has 8 heteroatoms. The summed E-state index contributed by atoms with van der Waals surface area (Å²) in [5, 5.41) is 29.4. The van der Waals surface area contributed by atoms with Crippen LogP contribution in [0.1, 0.15) is 50.8 Å². The van der Waals surface area contributed by atoms with E-state index in [9.17, 15) is 15.0 Å². The molecule has 0 saturated heterocycles. The number of carbonyl (C=O) groups is 1. The summed E-state index contributed by atoms with van der Waals surface area (Å²) in [6.45, 7) is 3.64. The SMILES string of the molecule is CC(C)(O)c1ccc(C2=CNC3=C(NCC(=O)N3)N2C2CCC(O)CC2)cn1. The Balaban J connectivity index is 1.68. The molecule has 1 aliphatic carbocycles. The fourth-order valence-electron chi connectivity index (χ4n) is 3.96.